The fraction of sp³-hybridized carbons (Fsp3) is 0. The van der Waals surface area contributed by atoms with Crippen molar-refractivity contribution < 1.29 is 22.3 Å². The number of carbonyl (C=O) groups is 1. The van der Waals surface area contributed by atoms with Crippen molar-refractivity contribution in [3.8, 4) is 5.75 Å². The Bertz CT molecular complexity index is 1510. The number of hydrogen-bond acceptors (Lipinski definition) is 8. The molecule has 178 valence electrons. The van der Waals surface area contributed by atoms with Gasteiger partial charge >= 0.3 is 10.1 Å². The molecule has 0 aromatic heterocycles. The number of nitrogens with one attached hydrogen (secondary N) is 1. The van der Waals surface area contributed by atoms with Gasteiger partial charge in [-0.2, -0.15) is 8.42 Å². The quantitative estimate of drug-likeness (QED) is 0.117. The lowest BCUT2D eigenvalue weighted by atomic mass is 10.2. The van der Waals surface area contributed by atoms with E-state index in [4.69, 9.17) is 4.18 Å². The predicted octanol–water partition coefficient (Wildman–Crippen LogP) is 5.62. The Morgan fingerprint density at radius 2 is 1.86 bits per heavy atom. The first-order valence-corrected chi connectivity index (χ1v) is 13.7. The number of nitro benzene ring substituents is 1. The van der Waals surface area contributed by atoms with Crippen LogP contribution in [-0.2, 0) is 14.9 Å². The zero-order valence-electron chi connectivity index (χ0n) is 17.3. The molecule has 1 heterocycles. The van der Waals surface area contributed by atoms with Crippen molar-refractivity contribution in [2.75, 3.05) is 0 Å². The molecule has 1 fully saturated rings. The molecule has 4 rings (SSSR count). The monoisotopic (exact) mass is 685 g/mol. The molecule has 1 N–H and O–H groups in total. The first-order chi connectivity index (χ1) is 16.6. The number of aliphatic imine (C=N–C) groups is 1. The van der Waals surface area contributed by atoms with E-state index in [1.165, 1.54) is 12.1 Å². The molecule has 0 aliphatic carbocycles. The highest BCUT2D eigenvalue weighted by Crippen LogP contribution is 2.33. The molecule has 1 aliphatic rings. The third-order valence-electron chi connectivity index (χ3n) is 4.48. The van der Waals surface area contributed by atoms with Crippen LogP contribution in [0.25, 0.3) is 6.08 Å². The number of nitrogens with zero attached hydrogens (tertiary/aromatic N) is 2. The van der Waals surface area contributed by atoms with Crippen LogP contribution in [-0.4, -0.2) is 24.4 Å². The highest BCUT2D eigenvalue weighted by Gasteiger charge is 2.25. The van der Waals surface area contributed by atoms with Gasteiger partial charge in [0.15, 0.2) is 5.17 Å². The van der Waals surface area contributed by atoms with Crippen LogP contribution in [0.3, 0.4) is 0 Å². The number of amidine groups is 1. The van der Waals surface area contributed by atoms with Crippen LogP contribution in [0.15, 0.2) is 86.0 Å². The van der Waals surface area contributed by atoms with E-state index in [1.54, 1.807) is 12.1 Å². The van der Waals surface area contributed by atoms with Gasteiger partial charge in [-0.3, -0.25) is 14.9 Å². The summed E-state index contributed by atoms with van der Waals surface area (Å²) < 4.78 is 32.5. The van der Waals surface area contributed by atoms with Gasteiger partial charge in [-0.15, -0.1) is 0 Å². The van der Waals surface area contributed by atoms with E-state index in [0.29, 0.717) is 25.8 Å². The Kier molecular flexibility index (Phi) is 7.59. The Labute approximate surface area is 226 Å². The second kappa shape index (κ2) is 10.5. The maximum Gasteiger partial charge on any atom is 0.339 e. The molecule has 3 aromatic carbocycles. The minimum absolute atomic E-state index is 0.0181. The van der Waals surface area contributed by atoms with E-state index in [-0.39, 0.29) is 22.2 Å². The Morgan fingerprint density at radius 3 is 2.54 bits per heavy atom. The second-order valence-electron chi connectivity index (χ2n) is 6.93. The number of carbonyl (C=O) groups excluding carboxylic acids is 1. The van der Waals surface area contributed by atoms with E-state index >= 15 is 0 Å². The third-order valence-corrected chi connectivity index (χ3v) is 7.81. The summed E-state index contributed by atoms with van der Waals surface area (Å²) in [4.78, 5) is 27.2. The average Bonchev–Trinajstić information content (AvgIpc) is 3.14. The maximum atomic E-state index is 12.8. The molecule has 0 saturated carbocycles. The number of amides is 1. The highest BCUT2D eigenvalue weighted by atomic mass is 127. The van der Waals surface area contributed by atoms with Crippen LogP contribution in [0.4, 0.5) is 11.4 Å². The van der Waals surface area contributed by atoms with Crippen LogP contribution in [0.1, 0.15) is 5.56 Å². The largest absolute Gasteiger partial charge is 0.378 e. The number of hydrogen-bond donors (Lipinski definition) is 1. The topological polar surface area (TPSA) is 128 Å². The lowest BCUT2D eigenvalue weighted by Crippen LogP contribution is -2.19. The zero-order valence-corrected chi connectivity index (χ0v) is 22.7. The third kappa shape index (κ3) is 6.28. The first-order valence-electron chi connectivity index (χ1n) is 9.64. The fourth-order valence-corrected chi connectivity index (χ4v) is 5.59. The van der Waals surface area contributed by atoms with Crippen LogP contribution in [0.5, 0.6) is 5.75 Å². The molecule has 0 bridgehead atoms. The minimum Gasteiger partial charge on any atom is -0.378 e. The molecule has 3 aromatic rings. The maximum absolute atomic E-state index is 12.8. The molecular formula is C22H13BrIN3O6S2. The fourth-order valence-electron chi connectivity index (χ4n) is 2.89. The van der Waals surface area contributed by atoms with Crippen molar-refractivity contribution in [1.82, 2.24) is 5.32 Å². The van der Waals surface area contributed by atoms with Crippen LogP contribution in [0, 0.1) is 13.7 Å². The van der Waals surface area contributed by atoms with E-state index in [2.05, 4.69) is 48.8 Å². The number of non-ortho nitro benzene ring substituents is 1. The molecule has 1 aliphatic heterocycles. The van der Waals surface area contributed by atoms with Gasteiger partial charge in [0.2, 0.25) is 0 Å². The molecule has 1 saturated heterocycles. The van der Waals surface area contributed by atoms with Crippen LogP contribution >= 0.6 is 50.3 Å². The molecule has 0 unspecified atom stereocenters. The number of benzene rings is 3. The predicted molar refractivity (Wildman–Crippen MR) is 145 cm³/mol. The average molecular weight is 686 g/mol. The van der Waals surface area contributed by atoms with Gasteiger partial charge in [0, 0.05) is 25.7 Å². The summed E-state index contributed by atoms with van der Waals surface area (Å²) in [6.07, 6.45) is 1.50. The normalized spacial score (nSPS) is 15.9. The van der Waals surface area contributed by atoms with Gasteiger partial charge in [-0.25, -0.2) is 4.99 Å². The zero-order chi connectivity index (χ0) is 25.2. The molecule has 0 spiro atoms. The number of thioether (sulfide) groups is 1. The van der Waals surface area contributed by atoms with Gasteiger partial charge in [0.25, 0.3) is 11.6 Å². The molecule has 0 radical (unpaired) electrons. The Morgan fingerprint density at radius 1 is 1.11 bits per heavy atom. The summed E-state index contributed by atoms with van der Waals surface area (Å²) in [7, 11) is -4.29. The number of halogens is 2. The summed E-state index contributed by atoms with van der Waals surface area (Å²) in [5.74, 6) is -0.404. The Balaban J connectivity index is 1.62. The first kappa shape index (κ1) is 25.3. The molecule has 0 atom stereocenters. The SMILES string of the molecule is O=C1NC(=Nc2cccc(I)c2)S/C1=C/c1cc(Br)ccc1OS(=O)(=O)c1ccc([N+](=O)[O-])cc1. The van der Waals surface area contributed by atoms with Gasteiger partial charge in [-0.05, 0) is 89.0 Å². The lowest BCUT2D eigenvalue weighted by Gasteiger charge is -2.10. The van der Waals surface area contributed by atoms with Crippen molar-refractivity contribution in [2.45, 2.75) is 4.90 Å². The summed E-state index contributed by atoms with van der Waals surface area (Å²) in [6.45, 7) is 0. The molecular weight excluding hydrogens is 673 g/mol. The van der Waals surface area contributed by atoms with E-state index in [0.717, 1.165) is 39.6 Å². The van der Waals surface area contributed by atoms with Crippen LogP contribution in [0.2, 0.25) is 0 Å². The van der Waals surface area contributed by atoms with Gasteiger partial charge < -0.3 is 9.50 Å². The summed E-state index contributed by atoms with van der Waals surface area (Å²) in [5, 5.41) is 13.9. The molecule has 13 heteroatoms. The molecule has 35 heavy (non-hydrogen) atoms. The lowest BCUT2D eigenvalue weighted by molar-refractivity contribution is -0.384. The van der Waals surface area contributed by atoms with E-state index < -0.39 is 15.0 Å². The van der Waals surface area contributed by atoms with Crippen molar-refractivity contribution in [1.29, 1.82) is 0 Å². The Hall–Kier alpha value is -2.75. The van der Waals surface area contributed by atoms with E-state index in [9.17, 15) is 23.3 Å². The van der Waals surface area contributed by atoms with Gasteiger partial charge in [0.05, 0.1) is 15.5 Å². The number of rotatable bonds is 6. The summed E-state index contributed by atoms with van der Waals surface area (Å²) in [5.41, 5.74) is 0.768. The smallest absolute Gasteiger partial charge is 0.339 e. The summed E-state index contributed by atoms with van der Waals surface area (Å²) in [6, 6.07) is 16.5. The van der Waals surface area contributed by atoms with Gasteiger partial charge in [-0.1, -0.05) is 22.0 Å². The highest BCUT2D eigenvalue weighted by molar-refractivity contribution is 14.1. The van der Waals surface area contributed by atoms with Crippen molar-refractivity contribution in [3.05, 3.63) is 95.4 Å². The number of nitro groups is 1. The van der Waals surface area contributed by atoms with Crippen molar-refractivity contribution >= 4 is 88.9 Å². The van der Waals surface area contributed by atoms with Crippen LogP contribution < -0.4 is 9.50 Å². The van der Waals surface area contributed by atoms with Gasteiger partial charge in [0.1, 0.15) is 10.6 Å². The van der Waals surface area contributed by atoms with Crippen molar-refractivity contribution in [3.63, 3.8) is 0 Å². The molecule has 9 nitrogen and oxygen atoms in total. The van der Waals surface area contributed by atoms with Crippen molar-refractivity contribution in [2.24, 2.45) is 4.99 Å². The summed E-state index contributed by atoms with van der Waals surface area (Å²) >= 11 is 6.62. The van der Waals surface area contributed by atoms with E-state index in [1.807, 2.05) is 24.3 Å². The minimum atomic E-state index is -4.29. The second-order valence-corrected chi connectivity index (χ2v) is 11.7. The molecule has 1 amide bonds. The standard InChI is InChI=1S/C22H13BrIN3O6S2/c23-14-4-9-19(33-35(31,32)18-7-5-17(6-8-18)27(29)30)13(10-14)11-20-21(28)26-22(34-20)25-16-3-1-2-15(24)12-16/h1-12H,(H,25,26,28)/b20-11+.